The maximum atomic E-state index is 12.0. The van der Waals surface area contributed by atoms with Crippen LogP contribution in [-0.2, 0) is 5.41 Å². The van der Waals surface area contributed by atoms with E-state index in [0.717, 1.165) is 22.9 Å². The maximum Gasteiger partial charge on any atom is 0.176 e. The summed E-state index contributed by atoms with van der Waals surface area (Å²) in [5.41, 5.74) is 0.774. The summed E-state index contributed by atoms with van der Waals surface area (Å²) in [5, 5.41) is 4.10. The summed E-state index contributed by atoms with van der Waals surface area (Å²) in [5.74, 6) is 1.04. The second kappa shape index (κ2) is 4.24. The van der Waals surface area contributed by atoms with Crippen molar-refractivity contribution in [2.24, 2.45) is 5.92 Å². The Labute approximate surface area is 100 Å². The van der Waals surface area contributed by atoms with Gasteiger partial charge in [-0.25, -0.2) is 0 Å². The Morgan fingerprint density at radius 2 is 2.12 bits per heavy atom. The molecule has 1 heterocycles. The zero-order valence-corrected chi connectivity index (χ0v) is 10.9. The number of Topliss-reactive ketones (excluding diaryl/α,β-unsaturated/α-hetero) is 1. The zero-order chi connectivity index (χ0) is 11.8. The van der Waals surface area contributed by atoms with Gasteiger partial charge in [0.1, 0.15) is 4.88 Å². The molecule has 16 heavy (non-hydrogen) atoms. The Hall–Kier alpha value is -0.770. The van der Waals surface area contributed by atoms with Gasteiger partial charge in [-0.15, -0.1) is 5.10 Å². The average molecular weight is 238 g/mol. The predicted octanol–water partition coefficient (Wildman–Crippen LogP) is 3.21. The van der Waals surface area contributed by atoms with Gasteiger partial charge in [0, 0.05) is 11.8 Å². The van der Waals surface area contributed by atoms with Crippen molar-refractivity contribution in [3.63, 3.8) is 0 Å². The molecule has 1 saturated carbocycles. The van der Waals surface area contributed by atoms with E-state index in [9.17, 15) is 4.79 Å². The molecule has 0 atom stereocenters. The van der Waals surface area contributed by atoms with Gasteiger partial charge < -0.3 is 0 Å². The molecule has 1 aliphatic carbocycles. The van der Waals surface area contributed by atoms with E-state index in [1.807, 2.05) is 0 Å². The van der Waals surface area contributed by atoms with Crippen molar-refractivity contribution in [2.75, 3.05) is 0 Å². The van der Waals surface area contributed by atoms with Gasteiger partial charge in [-0.3, -0.25) is 4.79 Å². The highest BCUT2D eigenvalue weighted by Crippen LogP contribution is 2.34. The molecule has 0 radical (unpaired) electrons. The Balaban J connectivity index is 2.06. The number of carbonyl (C=O) groups is 1. The van der Waals surface area contributed by atoms with E-state index in [1.165, 1.54) is 24.4 Å². The summed E-state index contributed by atoms with van der Waals surface area (Å²) in [6, 6.07) is 0. The first-order valence-electron chi connectivity index (χ1n) is 5.84. The van der Waals surface area contributed by atoms with Crippen molar-refractivity contribution in [3.8, 4) is 0 Å². The first-order valence-corrected chi connectivity index (χ1v) is 6.62. The molecule has 0 unspecified atom stereocenters. The molecule has 0 saturated heterocycles. The van der Waals surface area contributed by atoms with E-state index < -0.39 is 0 Å². The van der Waals surface area contributed by atoms with E-state index in [4.69, 9.17) is 0 Å². The minimum absolute atomic E-state index is 0.0857. The van der Waals surface area contributed by atoms with E-state index in [-0.39, 0.29) is 11.2 Å². The smallest absolute Gasteiger partial charge is 0.176 e. The van der Waals surface area contributed by atoms with Crippen LogP contribution in [0.25, 0.3) is 0 Å². The second-order valence-corrected chi connectivity index (χ2v) is 6.36. The molecule has 88 valence electrons. The van der Waals surface area contributed by atoms with Crippen LogP contribution in [0.2, 0.25) is 0 Å². The van der Waals surface area contributed by atoms with Crippen molar-refractivity contribution in [2.45, 2.75) is 51.9 Å². The van der Waals surface area contributed by atoms with Gasteiger partial charge in [0.25, 0.3) is 0 Å². The first-order chi connectivity index (χ1) is 7.48. The highest BCUT2D eigenvalue weighted by molar-refractivity contribution is 7.08. The van der Waals surface area contributed by atoms with E-state index in [0.29, 0.717) is 6.42 Å². The molecular weight excluding hydrogens is 220 g/mol. The Morgan fingerprint density at radius 3 is 2.69 bits per heavy atom. The molecule has 3 nitrogen and oxygen atoms in total. The van der Waals surface area contributed by atoms with Crippen LogP contribution in [0.5, 0.6) is 0 Å². The minimum Gasteiger partial charge on any atom is -0.293 e. The Kier molecular flexibility index (Phi) is 3.10. The van der Waals surface area contributed by atoms with E-state index >= 15 is 0 Å². The highest BCUT2D eigenvalue weighted by Gasteiger charge is 2.28. The Morgan fingerprint density at radius 1 is 1.44 bits per heavy atom. The number of hydrogen-bond acceptors (Lipinski definition) is 4. The zero-order valence-electron chi connectivity index (χ0n) is 10.1. The summed E-state index contributed by atoms with van der Waals surface area (Å²) in [7, 11) is 0. The van der Waals surface area contributed by atoms with Gasteiger partial charge in [-0.05, 0) is 23.9 Å². The van der Waals surface area contributed by atoms with Gasteiger partial charge in [0.2, 0.25) is 0 Å². The third kappa shape index (κ3) is 2.67. The lowest BCUT2D eigenvalue weighted by molar-refractivity contribution is 0.0979. The molecule has 1 aromatic heterocycles. The quantitative estimate of drug-likeness (QED) is 0.756. The molecule has 0 aliphatic heterocycles. The number of carbonyl (C=O) groups excluding carboxylic acids is 1. The van der Waals surface area contributed by atoms with Crippen LogP contribution in [0.1, 0.15) is 61.8 Å². The number of nitrogens with zero attached hydrogens (tertiary/aromatic N) is 2. The van der Waals surface area contributed by atoms with Crippen LogP contribution in [0.3, 0.4) is 0 Å². The van der Waals surface area contributed by atoms with Crippen LogP contribution < -0.4 is 0 Å². The number of rotatable bonds is 4. The Bertz CT molecular complexity index is 388. The summed E-state index contributed by atoms with van der Waals surface area (Å²) >= 11 is 1.25. The third-order valence-electron chi connectivity index (χ3n) is 2.93. The fourth-order valence-corrected chi connectivity index (χ4v) is 2.56. The third-order valence-corrected chi connectivity index (χ3v) is 3.70. The van der Waals surface area contributed by atoms with Gasteiger partial charge >= 0.3 is 0 Å². The monoisotopic (exact) mass is 238 g/mol. The largest absolute Gasteiger partial charge is 0.293 e. The summed E-state index contributed by atoms with van der Waals surface area (Å²) < 4.78 is 3.92. The predicted molar refractivity (Wildman–Crippen MR) is 64.9 cm³/mol. The normalized spacial score (nSPS) is 16.4. The number of hydrogen-bond donors (Lipinski definition) is 0. The first kappa shape index (κ1) is 11.7. The lowest BCUT2D eigenvalue weighted by Crippen LogP contribution is -2.16. The van der Waals surface area contributed by atoms with Crippen LogP contribution in [0.15, 0.2) is 0 Å². The maximum absolute atomic E-state index is 12.0. The summed E-state index contributed by atoms with van der Waals surface area (Å²) in [4.78, 5) is 12.8. The molecular formula is C12H18N2OS. The molecule has 0 bridgehead atoms. The number of aromatic nitrogens is 2. The molecule has 0 spiro atoms. The van der Waals surface area contributed by atoms with Crippen LogP contribution in [-0.4, -0.2) is 15.4 Å². The molecule has 4 heteroatoms. The highest BCUT2D eigenvalue weighted by atomic mass is 32.1. The van der Waals surface area contributed by atoms with Crippen LogP contribution >= 0.6 is 11.5 Å². The standard InChI is InChI=1S/C12H18N2OS/c1-12(2,3)11-10(16-14-13-11)9(15)7-6-8-4-5-8/h8H,4-7H2,1-3H3. The fraction of sp³-hybridized carbons (Fsp3) is 0.750. The van der Waals surface area contributed by atoms with Gasteiger partial charge in [-0.2, -0.15) is 0 Å². The molecule has 0 aromatic carbocycles. The van der Waals surface area contributed by atoms with Gasteiger partial charge in [0.05, 0.1) is 5.69 Å². The topological polar surface area (TPSA) is 42.9 Å². The molecule has 0 N–H and O–H groups in total. The van der Waals surface area contributed by atoms with Crippen molar-refractivity contribution in [3.05, 3.63) is 10.6 Å². The summed E-state index contributed by atoms with van der Waals surface area (Å²) in [6.07, 6.45) is 4.32. The van der Waals surface area contributed by atoms with Crippen molar-refractivity contribution in [1.29, 1.82) is 0 Å². The SMILES string of the molecule is CC(C)(C)c1nnsc1C(=O)CCC1CC1. The molecule has 1 aromatic rings. The lowest BCUT2D eigenvalue weighted by Gasteiger charge is -2.15. The lowest BCUT2D eigenvalue weighted by atomic mass is 9.90. The van der Waals surface area contributed by atoms with E-state index in [1.54, 1.807) is 0 Å². The van der Waals surface area contributed by atoms with Crippen molar-refractivity contribution in [1.82, 2.24) is 9.59 Å². The molecule has 1 fully saturated rings. The minimum atomic E-state index is -0.0857. The van der Waals surface area contributed by atoms with Crippen LogP contribution in [0, 0.1) is 5.92 Å². The number of ketones is 1. The second-order valence-electron chi connectivity index (χ2n) is 5.61. The average Bonchev–Trinajstić information content (AvgIpc) is 2.86. The van der Waals surface area contributed by atoms with E-state index in [2.05, 4.69) is 30.4 Å². The van der Waals surface area contributed by atoms with Crippen molar-refractivity contribution >= 4 is 17.3 Å². The van der Waals surface area contributed by atoms with Crippen molar-refractivity contribution < 1.29 is 4.79 Å². The fourth-order valence-electron chi connectivity index (χ4n) is 1.72. The molecule has 2 rings (SSSR count). The van der Waals surface area contributed by atoms with Gasteiger partial charge in [-0.1, -0.05) is 38.1 Å². The summed E-state index contributed by atoms with van der Waals surface area (Å²) in [6.45, 7) is 6.21. The van der Waals surface area contributed by atoms with Gasteiger partial charge in [0.15, 0.2) is 5.78 Å². The van der Waals surface area contributed by atoms with Crippen LogP contribution in [0.4, 0.5) is 0 Å². The molecule has 0 amide bonds. The molecule has 1 aliphatic rings.